The first-order chi connectivity index (χ1) is 13.8. The third kappa shape index (κ3) is 4.98. The molecular formula is C17H13ClF3N5O2S. The number of benzene rings is 1. The van der Waals surface area contributed by atoms with Crippen LogP contribution in [0, 0.1) is 0 Å². The van der Waals surface area contributed by atoms with Crippen molar-refractivity contribution in [2.45, 2.75) is 11.3 Å². The molecule has 0 unspecified atom stereocenters. The minimum Gasteiger partial charge on any atom is -0.495 e. The number of nitrogens with one attached hydrogen (secondary N) is 1. The Kier molecular flexibility index (Phi) is 6.28. The highest BCUT2D eigenvalue weighted by Gasteiger charge is 2.31. The van der Waals surface area contributed by atoms with Crippen LogP contribution in [0.5, 0.6) is 5.75 Å². The topological polar surface area (TPSA) is 81.9 Å². The van der Waals surface area contributed by atoms with E-state index in [0.717, 1.165) is 11.8 Å². The number of para-hydroxylation sites is 2. The van der Waals surface area contributed by atoms with E-state index in [1.807, 2.05) is 12.1 Å². The zero-order valence-electron chi connectivity index (χ0n) is 14.8. The summed E-state index contributed by atoms with van der Waals surface area (Å²) in [6, 6.07) is 7.91. The molecule has 0 saturated carbocycles. The van der Waals surface area contributed by atoms with Crippen molar-refractivity contribution in [2.75, 3.05) is 18.2 Å². The lowest BCUT2D eigenvalue weighted by atomic mass is 10.3. The van der Waals surface area contributed by atoms with Crippen molar-refractivity contribution in [1.82, 2.24) is 19.7 Å². The summed E-state index contributed by atoms with van der Waals surface area (Å²) in [6.45, 7) is 0. The van der Waals surface area contributed by atoms with Crippen LogP contribution in [0.1, 0.15) is 5.56 Å². The lowest BCUT2D eigenvalue weighted by Gasteiger charge is -2.11. The highest BCUT2D eigenvalue weighted by Crippen LogP contribution is 2.32. The number of ether oxygens (including phenoxy) is 1. The molecule has 1 amide bonds. The minimum atomic E-state index is -4.57. The fraction of sp³-hybridized carbons (Fsp3) is 0.176. The van der Waals surface area contributed by atoms with Gasteiger partial charge in [0.1, 0.15) is 12.1 Å². The van der Waals surface area contributed by atoms with Crippen LogP contribution in [0.15, 0.2) is 48.0 Å². The molecule has 0 fully saturated rings. The Labute approximate surface area is 172 Å². The van der Waals surface area contributed by atoms with Crippen LogP contribution in [-0.4, -0.2) is 38.5 Å². The van der Waals surface area contributed by atoms with E-state index in [1.165, 1.54) is 13.4 Å². The maximum absolute atomic E-state index is 12.7. The Morgan fingerprint density at radius 2 is 2.10 bits per heavy atom. The van der Waals surface area contributed by atoms with Gasteiger partial charge in [0.2, 0.25) is 5.91 Å². The van der Waals surface area contributed by atoms with Gasteiger partial charge >= 0.3 is 6.18 Å². The standard InChI is InChI=1S/C17H13ClF3N5O2S/c1-28-13-5-3-2-4-12(13)26-9-23-25-16(26)29-8-14(27)24-15-11(18)6-10(7-22-15)17(19,20)21/h2-7,9H,8H2,1H3,(H,22,24,27). The van der Waals surface area contributed by atoms with E-state index in [1.54, 1.807) is 16.7 Å². The molecule has 0 aliphatic heterocycles. The summed E-state index contributed by atoms with van der Waals surface area (Å²) in [4.78, 5) is 15.8. The smallest absolute Gasteiger partial charge is 0.417 e. The summed E-state index contributed by atoms with van der Waals surface area (Å²) in [7, 11) is 1.53. The number of hydrogen-bond donors (Lipinski definition) is 1. The molecule has 0 spiro atoms. The van der Waals surface area contributed by atoms with Gasteiger partial charge in [-0.05, 0) is 18.2 Å². The lowest BCUT2D eigenvalue weighted by molar-refractivity contribution is -0.137. The highest BCUT2D eigenvalue weighted by atomic mass is 35.5. The second kappa shape index (κ2) is 8.70. The Morgan fingerprint density at radius 3 is 2.79 bits per heavy atom. The molecule has 2 aromatic heterocycles. The number of halogens is 4. The molecule has 3 aromatic rings. The second-order valence-corrected chi connectivity index (χ2v) is 6.89. The molecule has 0 atom stereocenters. The summed E-state index contributed by atoms with van der Waals surface area (Å²) in [5.41, 5.74) is -0.310. The maximum Gasteiger partial charge on any atom is 0.417 e. The fourth-order valence-electron chi connectivity index (χ4n) is 2.30. The number of amides is 1. The van der Waals surface area contributed by atoms with Gasteiger partial charge in [0.15, 0.2) is 11.0 Å². The van der Waals surface area contributed by atoms with Crippen molar-refractivity contribution in [3.05, 3.63) is 53.4 Å². The number of pyridine rings is 1. The molecule has 12 heteroatoms. The number of carbonyl (C=O) groups excluding carboxylic acids is 1. The van der Waals surface area contributed by atoms with Gasteiger partial charge < -0.3 is 10.1 Å². The summed E-state index contributed by atoms with van der Waals surface area (Å²) in [5, 5.41) is 10.3. The molecule has 152 valence electrons. The van der Waals surface area contributed by atoms with Gasteiger partial charge in [-0.15, -0.1) is 10.2 Å². The molecule has 0 aliphatic carbocycles. The van der Waals surface area contributed by atoms with Crippen molar-refractivity contribution in [2.24, 2.45) is 0 Å². The van der Waals surface area contributed by atoms with E-state index in [0.29, 0.717) is 28.9 Å². The van der Waals surface area contributed by atoms with Crippen LogP contribution in [0.2, 0.25) is 5.02 Å². The van der Waals surface area contributed by atoms with E-state index < -0.39 is 17.6 Å². The summed E-state index contributed by atoms with van der Waals surface area (Å²) < 4.78 is 44.9. The number of anilines is 1. The van der Waals surface area contributed by atoms with E-state index in [9.17, 15) is 18.0 Å². The average Bonchev–Trinajstić information content (AvgIpc) is 3.15. The van der Waals surface area contributed by atoms with E-state index in [-0.39, 0.29) is 16.6 Å². The van der Waals surface area contributed by atoms with Crippen LogP contribution in [0.25, 0.3) is 5.69 Å². The van der Waals surface area contributed by atoms with Gasteiger partial charge in [-0.1, -0.05) is 35.5 Å². The molecule has 0 aliphatic rings. The minimum absolute atomic E-state index is 0.0904. The number of hydrogen-bond acceptors (Lipinski definition) is 6. The van der Waals surface area contributed by atoms with Gasteiger partial charge in [-0.3, -0.25) is 9.36 Å². The number of methoxy groups -OCH3 is 1. The van der Waals surface area contributed by atoms with E-state index in [2.05, 4.69) is 20.5 Å². The largest absolute Gasteiger partial charge is 0.495 e. The quantitative estimate of drug-likeness (QED) is 0.578. The SMILES string of the molecule is COc1ccccc1-n1cnnc1SCC(=O)Nc1ncc(C(F)(F)F)cc1Cl. The fourth-order valence-corrected chi connectivity index (χ4v) is 3.24. The summed E-state index contributed by atoms with van der Waals surface area (Å²) in [6.07, 6.45) is -2.49. The van der Waals surface area contributed by atoms with Crippen LogP contribution in [-0.2, 0) is 11.0 Å². The third-order valence-corrected chi connectivity index (χ3v) is 4.85. The Morgan fingerprint density at radius 1 is 1.34 bits per heavy atom. The average molecular weight is 444 g/mol. The van der Waals surface area contributed by atoms with Gasteiger partial charge in [0.05, 0.1) is 29.1 Å². The molecular weight excluding hydrogens is 431 g/mol. The zero-order valence-corrected chi connectivity index (χ0v) is 16.3. The Balaban J connectivity index is 1.68. The monoisotopic (exact) mass is 443 g/mol. The third-order valence-electron chi connectivity index (χ3n) is 3.62. The van der Waals surface area contributed by atoms with Crippen LogP contribution >= 0.6 is 23.4 Å². The number of nitrogens with zero attached hydrogens (tertiary/aromatic N) is 4. The van der Waals surface area contributed by atoms with Gasteiger partial charge in [-0.2, -0.15) is 13.2 Å². The molecule has 0 radical (unpaired) electrons. The molecule has 7 nitrogen and oxygen atoms in total. The number of thioether (sulfide) groups is 1. The number of carbonyl (C=O) groups is 1. The molecule has 0 bridgehead atoms. The lowest BCUT2D eigenvalue weighted by Crippen LogP contribution is -2.16. The summed E-state index contributed by atoms with van der Waals surface area (Å²) in [5.74, 6) is -0.165. The maximum atomic E-state index is 12.7. The van der Waals surface area contributed by atoms with Crippen molar-refractivity contribution in [3.63, 3.8) is 0 Å². The predicted molar refractivity (Wildman–Crippen MR) is 102 cm³/mol. The van der Waals surface area contributed by atoms with Gasteiger partial charge in [0.25, 0.3) is 0 Å². The molecule has 1 aromatic carbocycles. The van der Waals surface area contributed by atoms with E-state index in [4.69, 9.17) is 16.3 Å². The Hall–Kier alpha value is -2.79. The zero-order chi connectivity index (χ0) is 21.0. The number of aromatic nitrogens is 4. The van der Waals surface area contributed by atoms with Crippen molar-refractivity contribution < 1.29 is 22.7 Å². The Bertz CT molecular complexity index is 1030. The van der Waals surface area contributed by atoms with Crippen LogP contribution < -0.4 is 10.1 Å². The first-order valence-electron chi connectivity index (χ1n) is 7.98. The van der Waals surface area contributed by atoms with E-state index >= 15 is 0 Å². The van der Waals surface area contributed by atoms with Crippen LogP contribution in [0.4, 0.5) is 19.0 Å². The molecule has 29 heavy (non-hydrogen) atoms. The van der Waals surface area contributed by atoms with Crippen molar-refractivity contribution in [3.8, 4) is 11.4 Å². The number of alkyl halides is 3. The first-order valence-corrected chi connectivity index (χ1v) is 9.34. The molecule has 0 saturated heterocycles. The van der Waals surface area contributed by atoms with Crippen molar-refractivity contribution in [1.29, 1.82) is 0 Å². The van der Waals surface area contributed by atoms with Gasteiger partial charge in [0, 0.05) is 6.20 Å². The molecule has 2 heterocycles. The number of rotatable bonds is 6. The van der Waals surface area contributed by atoms with Crippen LogP contribution in [0.3, 0.4) is 0 Å². The van der Waals surface area contributed by atoms with Crippen molar-refractivity contribution >= 4 is 35.1 Å². The highest BCUT2D eigenvalue weighted by molar-refractivity contribution is 7.99. The molecule has 3 rings (SSSR count). The summed E-state index contributed by atoms with van der Waals surface area (Å²) >= 11 is 6.87. The second-order valence-electron chi connectivity index (χ2n) is 5.54. The normalized spacial score (nSPS) is 11.3. The predicted octanol–water partition coefficient (Wildman–Crippen LogP) is 4.07. The first kappa shape index (κ1) is 20.9. The molecule has 1 N–H and O–H groups in total. The van der Waals surface area contributed by atoms with Gasteiger partial charge in [-0.25, -0.2) is 4.98 Å².